The van der Waals surface area contributed by atoms with Crippen LogP contribution in [0.15, 0.2) is 18.2 Å². The lowest BCUT2D eigenvalue weighted by atomic mass is 9.77. The van der Waals surface area contributed by atoms with Gasteiger partial charge < -0.3 is 5.73 Å². The largest absolute Gasteiger partial charge is 0.327 e. The molecule has 90 valence electrons. The van der Waals surface area contributed by atoms with Crippen LogP contribution in [-0.2, 0) is 0 Å². The molecule has 0 saturated carbocycles. The van der Waals surface area contributed by atoms with Crippen LogP contribution >= 0.6 is 23.2 Å². The van der Waals surface area contributed by atoms with Crippen LogP contribution in [-0.4, -0.2) is 6.04 Å². The molecule has 0 aliphatic rings. The Labute approximate surface area is 108 Å². The van der Waals surface area contributed by atoms with Crippen LogP contribution in [0.5, 0.6) is 0 Å². The minimum atomic E-state index is 0.0749. The topological polar surface area (TPSA) is 26.0 Å². The second-order valence-corrected chi connectivity index (χ2v) is 6.17. The van der Waals surface area contributed by atoms with Crippen molar-refractivity contribution < 1.29 is 0 Å². The molecule has 0 radical (unpaired) electrons. The van der Waals surface area contributed by atoms with Gasteiger partial charge in [0, 0.05) is 6.04 Å². The van der Waals surface area contributed by atoms with Gasteiger partial charge in [-0.1, -0.05) is 57.0 Å². The third kappa shape index (κ3) is 3.13. The summed E-state index contributed by atoms with van der Waals surface area (Å²) in [6, 6.07) is 5.81. The van der Waals surface area contributed by atoms with Gasteiger partial charge in [-0.15, -0.1) is 0 Å². The van der Waals surface area contributed by atoms with Crippen LogP contribution in [0.1, 0.15) is 39.2 Å². The molecule has 0 bridgehead atoms. The van der Waals surface area contributed by atoms with Crippen molar-refractivity contribution in [3.05, 3.63) is 33.8 Å². The van der Waals surface area contributed by atoms with Crippen molar-refractivity contribution in [3.63, 3.8) is 0 Å². The van der Waals surface area contributed by atoms with Crippen molar-refractivity contribution in [1.29, 1.82) is 0 Å². The van der Waals surface area contributed by atoms with Crippen molar-refractivity contribution in [2.24, 2.45) is 11.1 Å². The SMILES string of the molecule is CC(c1ccc(Cl)c(Cl)c1)C(N)C(C)(C)C. The van der Waals surface area contributed by atoms with Gasteiger partial charge in [0.2, 0.25) is 0 Å². The number of hydrogen-bond donors (Lipinski definition) is 1. The summed E-state index contributed by atoms with van der Waals surface area (Å²) in [5.74, 6) is 0.259. The summed E-state index contributed by atoms with van der Waals surface area (Å²) in [6.45, 7) is 8.55. The molecule has 0 heterocycles. The standard InChI is InChI=1S/C13H19Cl2N/c1-8(12(16)13(2,3)4)9-5-6-10(14)11(15)7-9/h5-8,12H,16H2,1-4H3. The van der Waals surface area contributed by atoms with Gasteiger partial charge in [-0.2, -0.15) is 0 Å². The molecule has 3 heteroatoms. The number of rotatable bonds is 2. The Morgan fingerprint density at radius 2 is 1.69 bits per heavy atom. The highest BCUT2D eigenvalue weighted by Gasteiger charge is 2.27. The van der Waals surface area contributed by atoms with Crippen LogP contribution < -0.4 is 5.73 Å². The third-order valence-electron chi connectivity index (χ3n) is 3.01. The van der Waals surface area contributed by atoms with E-state index in [1.54, 1.807) is 0 Å². The highest BCUT2D eigenvalue weighted by molar-refractivity contribution is 6.42. The van der Waals surface area contributed by atoms with Crippen LogP contribution in [0.4, 0.5) is 0 Å². The Hall–Kier alpha value is -0.240. The Morgan fingerprint density at radius 1 is 1.12 bits per heavy atom. The van der Waals surface area contributed by atoms with E-state index in [-0.39, 0.29) is 17.4 Å². The van der Waals surface area contributed by atoms with Crippen molar-refractivity contribution in [2.45, 2.75) is 39.7 Å². The van der Waals surface area contributed by atoms with Crippen LogP contribution in [0.2, 0.25) is 10.0 Å². The van der Waals surface area contributed by atoms with Gasteiger partial charge >= 0.3 is 0 Å². The lowest BCUT2D eigenvalue weighted by Crippen LogP contribution is -2.39. The molecule has 0 saturated heterocycles. The Bertz CT molecular complexity index is 369. The summed E-state index contributed by atoms with van der Waals surface area (Å²) < 4.78 is 0. The summed E-state index contributed by atoms with van der Waals surface area (Å²) in [4.78, 5) is 0. The van der Waals surface area contributed by atoms with Crippen LogP contribution in [0, 0.1) is 5.41 Å². The summed E-state index contributed by atoms with van der Waals surface area (Å²) in [5, 5.41) is 1.18. The molecular weight excluding hydrogens is 241 g/mol. The maximum atomic E-state index is 6.24. The quantitative estimate of drug-likeness (QED) is 0.834. The van der Waals surface area contributed by atoms with E-state index < -0.39 is 0 Å². The predicted molar refractivity (Wildman–Crippen MR) is 72.3 cm³/mol. The second kappa shape index (κ2) is 4.95. The first-order valence-electron chi connectivity index (χ1n) is 5.44. The number of hydrogen-bond acceptors (Lipinski definition) is 1. The first-order chi connectivity index (χ1) is 7.23. The summed E-state index contributed by atoms with van der Waals surface area (Å²) in [5.41, 5.74) is 7.45. The number of halogens is 2. The molecule has 0 spiro atoms. The van der Waals surface area contributed by atoms with Gasteiger partial charge in [-0.3, -0.25) is 0 Å². The molecule has 2 atom stereocenters. The highest BCUT2D eigenvalue weighted by atomic mass is 35.5. The molecule has 1 aromatic rings. The van der Waals surface area contributed by atoms with Gasteiger partial charge in [-0.05, 0) is 29.0 Å². The summed E-state index contributed by atoms with van der Waals surface area (Å²) in [7, 11) is 0. The summed E-state index contributed by atoms with van der Waals surface area (Å²) in [6.07, 6.45) is 0. The maximum absolute atomic E-state index is 6.24. The van der Waals surface area contributed by atoms with Gasteiger partial charge in [0.15, 0.2) is 0 Å². The molecule has 0 aliphatic heterocycles. The van der Waals surface area contributed by atoms with E-state index in [9.17, 15) is 0 Å². The van der Waals surface area contributed by atoms with Gasteiger partial charge in [-0.25, -0.2) is 0 Å². The molecule has 0 amide bonds. The molecule has 1 rings (SSSR count). The van der Waals surface area contributed by atoms with Gasteiger partial charge in [0.1, 0.15) is 0 Å². The van der Waals surface area contributed by atoms with Gasteiger partial charge in [0.25, 0.3) is 0 Å². The highest BCUT2D eigenvalue weighted by Crippen LogP contribution is 2.32. The zero-order valence-electron chi connectivity index (χ0n) is 10.2. The fraction of sp³-hybridized carbons (Fsp3) is 0.538. The van der Waals surface area contributed by atoms with Crippen LogP contribution in [0.3, 0.4) is 0 Å². The average Bonchev–Trinajstić information content (AvgIpc) is 2.18. The van der Waals surface area contributed by atoms with E-state index in [0.717, 1.165) is 5.56 Å². The smallest absolute Gasteiger partial charge is 0.0595 e. The molecule has 0 aliphatic carbocycles. The Morgan fingerprint density at radius 3 is 2.12 bits per heavy atom. The molecule has 1 aromatic carbocycles. The molecule has 2 unspecified atom stereocenters. The lowest BCUT2D eigenvalue weighted by Gasteiger charge is -2.32. The van der Waals surface area contributed by atoms with Crippen molar-refractivity contribution in [3.8, 4) is 0 Å². The van der Waals surface area contributed by atoms with E-state index in [2.05, 4.69) is 27.7 Å². The first-order valence-corrected chi connectivity index (χ1v) is 6.19. The monoisotopic (exact) mass is 259 g/mol. The Balaban J connectivity index is 2.97. The number of benzene rings is 1. The minimum absolute atomic E-state index is 0.0749. The zero-order chi connectivity index (χ0) is 12.5. The molecular formula is C13H19Cl2N. The third-order valence-corrected chi connectivity index (χ3v) is 3.75. The van der Waals surface area contributed by atoms with Crippen molar-refractivity contribution in [2.75, 3.05) is 0 Å². The first kappa shape index (κ1) is 13.8. The summed E-state index contributed by atoms with van der Waals surface area (Å²) >= 11 is 11.9. The predicted octanol–water partition coefficient (Wildman–Crippen LogP) is 4.47. The maximum Gasteiger partial charge on any atom is 0.0595 e. The molecule has 16 heavy (non-hydrogen) atoms. The normalized spacial score (nSPS) is 15.9. The van der Waals surface area contributed by atoms with Crippen LogP contribution in [0.25, 0.3) is 0 Å². The van der Waals surface area contributed by atoms with Gasteiger partial charge in [0.05, 0.1) is 10.0 Å². The molecule has 0 fully saturated rings. The molecule has 2 N–H and O–H groups in total. The molecule has 1 nitrogen and oxygen atoms in total. The minimum Gasteiger partial charge on any atom is -0.327 e. The van der Waals surface area contributed by atoms with E-state index in [4.69, 9.17) is 28.9 Å². The van der Waals surface area contributed by atoms with E-state index in [1.165, 1.54) is 0 Å². The lowest BCUT2D eigenvalue weighted by molar-refractivity contribution is 0.288. The van der Waals surface area contributed by atoms with Crippen molar-refractivity contribution >= 4 is 23.2 Å². The van der Waals surface area contributed by atoms with E-state index in [1.807, 2.05) is 18.2 Å². The Kier molecular flexibility index (Phi) is 4.28. The molecule has 0 aromatic heterocycles. The fourth-order valence-electron chi connectivity index (χ4n) is 1.75. The van der Waals surface area contributed by atoms with E-state index in [0.29, 0.717) is 10.0 Å². The average molecular weight is 260 g/mol. The number of nitrogens with two attached hydrogens (primary N) is 1. The van der Waals surface area contributed by atoms with Crippen molar-refractivity contribution in [1.82, 2.24) is 0 Å². The fourth-order valence-corrected chi connectivity index (χ4v) is 2.06. The van der Waals surface area contributed by atoms with E-state index >= 15 is 0 Å². The zero-order valence-corrected chi connectivity index (χ0v) is 11.7. The second-order valence-electron chi connectivity index (χ2n) is 5.35.